The summed E-state index contributed by atoms with van der Waals surface area (Å²) in [7, 11) is 0. The fraction of sp³-hybridized carbons (Fsp3) is 0.333. The van der Waals surface area contributed by atoms with E-state index in [9.17, 15) is 18.3 Å². The second-order valence-electron chi connectivity index (χ2n) is 7.25. The summed E-state index contributed by atoms with van der Waals surface area (Å²) in [6.45, 7) is 2.02. The van der Waals surface area contributed by atoms with Crippen LogP contribution in [-0.4, -0.2) is 28.1 Å². The minimum absolute atomic E-state index is 0.351. The monoisotopic (exact) mass is 374 g/mol. The molecule has 2 N–H and O–H groups in total. The highest BCUT2D eigenvalue weighted by atomic mass is 19.4. The summed E-state index contributed by atoms with van der Waals surface area (Å²) in [6.07, 6.45) is -1.58. The highest BCUT2D eigenvalue weighted by molar-refractivity contribution is 5.82. The lowest BCUT2D eigenvalue weighted by atomic mass is 9.83. The van der Waals surface area contributed by atoms with Crippen LogP contribution in [0.5, 0.6) is 0 Å². The average molecular weight is 374 g/mol. The summed E-state index contributed by atoms with van der Waals surface area (Å²) in [6, 6.07) is 13.2. The van der Waals surface area contributed by atoms with Crippen LogP contribution in [0, 0.1) is 0 Å². The van der Waals surface area contributed by atoms with Gasteiger partial charge in [-0.2, -0.15) is 13.2 Å². The molecule has 1 aromatic heterocycles. The van der Waals surface area contributed by atoms with E-state index < -0.39 is 17.3 Å². The van der Waals surface area contributed by atoms with E-state index in [2.05, 4.69) is 16.0 Å². The summed E-state index contributed by atoms with van der Waals surface area (Å²) in [4.78, 5) is 5.49. The second-order valence-corrected chi connectivity index (χ2v) is 7.25. The summed E-state index contributed by atoms with van der Waals surface area (Å²) in [5.74, 6) is 0. The Bertz CT molecular complexity index is 940. The molecule has 27 heavy (non-hydrogen) atoms. The number of rotatable bonds is 3. The minimum Gasteiger partial charge on any atom is -0.385 e. The molecule has 6 heteroatoms. The predicted molar refractivity (Wildman–Crippen MR) is 98.2 cm³/mol. The zero-order chi connectivity index (χ0) is 19.1. The molecule has 1 aliphatic heterocycles. The molecule has 1 saturated heterocycles. The van der Waals surface area contributed by atoms with Crippen molar-refractivity contribution in [3.8, 4) is 0 Å². The highest BCUT2D eigenvalue weighted by Crippen LogP contribution is 2.37. The molecule has 0 atom stereocenters. The standard InChI is InChI=1S/C21H21F3N2O/c22-21(23,24)17-5-3-4-16(12-17)20(27)8-10-26(11-9-20)14-15-13-25-19-7-2-1-6-18(15)19/h1-7,12-13,25,27H,8-11,14H2. The molecule has 4 rings (SSSR count). The topological polar surface area (TPSA) is 39.3 Å². The number of aliphatic hydroxyl groups is 1. The van der Waals surface area contributed by atoms with Gasteiger partial charge in [0.2, 0.25) is 0 Å². The van der Waals surface area contributed by atoms with Crippen LogP contribution in [0.25, 0.3) is 10.9 Å². The van der Waals surface area contributed by atoms with E-state index >= 15 is 0 Å². The van der Waals surface area contributed by atoms with Crippen LogP contribution in [0.15, 0.2) is 54.7 Å². The number of hydrogen-bond donors (Lipinski definition) is 2. The van der Waals surface area contributed by atoms with E-state index in [1.165, 1.54) is 17.0 Å². The predicted octanol–water partition coefficient (Wildman–Crippen LogP) is 4.67. The molecule has 3 aromatic rings. The number of H-pyrrole nitrogens is 1. The molecule has 0 unspecified atom stereocenters. The van der Waals surface area contributed by atoms with Gasteiger partial charge in [0.05, 0.1) is 11.2 Å². The lowest BCUT2D eigenvalue weighted by Crippen LogP contribution is -2.42. The van der Waals surface area contributed by atoms with Gasteiger partial charge in [0.15, 0.2) is 0 Å². The van der Waals surface area contributed by atoms with Crippen LogP contribution >= 0.6 is 0 Å². The van der Waals surface area contributed by atoms with Gasteiger partial charge in [-0.05, 0) is 42.2 Å². The molecule has 3 nitrogen and oxygen atoms in total. The number of hydrogen-bond acceptors (Lipinski definition) is 2. The third-order valence-corrected chi connectivity index (χ3v) is 5.48. The van der Waals surface area contributed by atoms with E-state index in [1.54, 1.807) is 6.07 Å². The number of nitrogens with zero attached hydrogens (tertiary/aromatic N) is 1. The zero-order valence-corrected chi connectivity index (χ0v) is 14.8. The Balaban J connectivity index is 1.47. The zero-order valence-electron chi connectivity index (χ0n) is 14.8. The first-order valence-electron chi connectivity index (χ1n) is 9.03. The van der Waals surface area contributed by atoms with E-state index in [-0.39, 0.29) is 0 Å². The lowest BCUT2D eigenvalue weighted by Gasteiger charge is -2.38. The number of para-hydroxylation sites is 1. The normalized spacial score (nSPS) is 18.1. The molecule has 0 spiro atoms. The maximum atomic E-state index is 13.0. The Morgan fingerprint density at radius 2 is 1.78 bits per heavy atom. The number of piperidine rings is 1. The lowest BCUT2D eigenvalue weighted by molar-refractivity contribution is -0.137. The molecule has 0 saturated carbocycles. The Morgan fingerprint density at radius 3 is 2.52 bits per heavy atom. The third-order valence-electron chi connectivity index (χ3n) is 5.48. The average Bonchev–Trinajstić information content (AvgIpc) is 3.06. The molecule has 2 aromatic carbocycles. The molecular weight excluding hydrogens is 353 g/mol. The van der Waals surface area contributed by atoms with Crippen molar-refractivity contribution in [2.75, 3.05) is 13.1 Å². The van der Waals surface area contributed by atoms with Gasteiger partial charge >= 0.3 is 6.18 Å². The van der Waals surface area contributed by atoms with Crippen molar-refractivity contribution < 1.29 is 18.3 Å². The molecule has 0 radical (unpaired) electrons. The smallest absolute Gasteiger partial charge is 0.385 e. The number of aromatic amines is 1. The largest absolute Gasteiger partial charge is 0.416 e. The van der Waals surface area contributed by atoms with Crippen LogP contribution in [0.1, 0.15) is 29.5 Å². The molecule has 1 aliphatic rings. The van der Waals surface area contributed by atoms with Crippen molar-refractivity contribution in [1.29, 1.82) is 0 Å². The van der Waals surface area contributed by atoms with Gasteiger partial charge in [-0.15, -0.1) is 0 Å². The first kappa shape index (κ1) is 18.1. The van der Waals surface area contributed by atoms with E-state index in [4.69, 9.17) is 0 Å². The van der Waals surface area contributed by atoms with Gasteiger partial charge in [-0.1, -0.05) is 30.3 Å². The van der Waals surface area contributed by atoms with E-state index in [1.807, 2.05) is 24.4 Å². The minimum atomic E-state index is -4.40. The summed E-state index contributed by atoms with van der Waals surface area (Å²) >= 11 is 0. The Hall–Kier alpha value is -2.31. The summed E-state index contributed by atoms with van der Waals surface area (Å²) in [5.41, 5.74) is 0.705. The van der Waals surface area contributed by atoms with Crippen LogP contribution in [0.2, 0.25) is 0 Å². The molecule has 1 fully saturated rings. The van der Waals surface area contributed by atoms with E-state index in [0.717, 1.165) is 24.2 Å². The van der Waals surface area contributed by atoms with Crippen molar-refractivity contribution in [1.82, 2.24) is 9.88 Å². The number of aromatic nitrogens is 1. The van der Waals surface area contributed by atoms with Gasteiger partial charge in [0, 0.05) is 36.7 Å². The van der Waals surface area contributed by atoms with Crippen LogP contribution in [-0.2, 0) is 18.3 Å². The number of likely N-dealkylation sites (tertiary alicyclic amines) is 1. The van der Waals surface area contributed by atoms with Crippen LogP contribution in [0.4, 0.5) is 13.2 Å². The van der Waals surface area contributed by atoms with Gasteiger partial charge in [-0.25, -0.2) is 0 Å². The molecule has 0 aliphatic carbocycles. The van der Waals surface area contributed by atoms with Gasteiger partial charge in [-0.3, -0.25) is 4.90 Å². The Labute approximate surface area is 155 Å². The number of halogens is 3. The second kappa shape index (κ2) is 6.69. The van der Waals surface area contributed by atoms with Gasteiger partial charge in [0.25, 0.3) is 0 Å². The van der Waals surface area contributed by atoms with Gasteiger partial charge in [0.1, 0.15) is 0 Å². The maximum Gasteiger partial charge on any atom is 0.416 e. The number of benzene rings is 2. The molecular formula is C21H21F3N2O. The molecule has 0 amide bonds. The van der Waals surface area contributed by atoms with Crippen LogP contribution in [0.3, 0.4) is 0 Å². The van der Waals surface area contributed by atoms with Crippen molar-refractivity contribution in [2.24, 2.45) is 0 Å². The van der Waals surface area contributed by atoms with Crippen molar-refractivity contribution in [3.63, 3.8) is 0 Å². The SMILES string of the molecule is OC1(c2cccc(C(F)(F)F)c2)CCN(Cc2c[nH]c3ccccc23)CC1. The number of nitrogens with one attached hydrogen (secondary N) is 1. The summed E-state index contributed by atoms with van der Waals surface area (Å²) < 4.78 is 38.9. The fourth-order valence-corrected chi connectivity index (χ4v) is 3.86. The van der Waals surface area contributed by atoms with E-state index in [0.29, 0.717) is 31.5 Å². The highest BCUT2D eigenvalue weighted by Gasteiger charge is 2.37. The number of alkyl halides is 3. The molecule has 142 valence electrons. The third kappa shape index (κ3) is 3.59. The fourth-order valence-electron chi connectivity index (χ4n) is 3.86. The van der Waals surface area contributed by atoms with Crippen LogP contribution < -0.4 is 0 Å². The quantitative estimate of drug-likeness (QED) is 0.699. The maximum absolute atomic E-state index is 13.0. The van der Waals surface area contributed by atoms with Crippen molar-refractivity contribution in [2.45, 2.75) is 31.2 Å². The Morgan fingerprint density at radius 1 is 1.04 bits per heavy atom. The first-order chi connectivity index (χ1) is 12.9. The number of fused-ring (bicyclic) bond motifs is 1. The van der Waals surface area contributed by atoms with Gasteiger partial charge < -0.3 is 10.1 Å². The van der Waals surface area contributed by atoms with Crippen molar-refractivity contribution >= 4 is 10.9 Å². The first-order valence-corrected chi connectivity index (χ1v) is 9.03. The Kier molecular flexibility index (Phi) is 4.48. The summed E-state index contributed by atoms with van der Waals surface area (Å²) in [5, 5.41) is 12.1. The molecule has 2 heterocycles. The molecule has 0 bridgehead atoms. The van der Waals surface area contributed by atoms with Crippen molar-refractivity contribution in [3.05, 3.63) is 71.4 Å².